The van der Waals surface area contributed by atoms with Gasteiger partial charge in [0, 0.05) is 29.1 Å². The number of likely N-dealkylation sites (N-methyl/N-ethyl adjacent to an activating group) is 1. The van der Waals surface area contributed by atoms with E-state index in [4.69, 9.17) is 35.6 Å². The number of rotatable bonds is 5. The summed E-state index contributed by atoms with van der Waals surface area (Å²) in [5, 5.41) is 10.5. The molecule has 2 aromatic heterocycles. The summed E-state index contributed by atoms with van der Waals surface area (Å²) in [7, 11) is 2.13. The molecule has 0 radical (unpaired) electrons. The minimum atomic E-state index is -0.787. The molecule has 44 heavy (non-hydrogen) atoms. The van der Waals surface area contributed by atoms with E-state index >= 15 is 0 Å². The van der Waals surface area contributed by atoms with Gasteiger partial charge in [-0.05, 0) is 77.4 Å². The topological polar surface area (TPSA) is 153 Å². The zero-order valence-electron chi connectivity index (χ0n) is 25.6. The molecule has 2 aromatic rings. The van der Waals surface area contributed by atoms with Gasteiger partial charge in [0.1, 0.15) is 28.6 Å². The van der Waals surface area contributed by atoms with E-state index in [0.29, 0.717) is 91.9 Å². The smallest absolute Gasteiger partial charge is 0.219 e. The van der Waals surface area contributed by atoms with E-state index in [2.05, 4.69) is 29.8 Å². The minimum Gasteiger partial charge on any atom is -0.473 e. The summed E-state index contributed by atoms with van der Waals surface area (Å²) in [5.74, 6) is 1.43. The molecule has 234 valence electrons. The number of hydrogen-bond donors (Lipinski definition) is 2. The van der Waals surface area contributed by atoms with Crippen LogP contribution in [0.3, 0.4) is 0 Å². The molecular formula is C32H41N7O4S. The highest BCUT2D eigenvalue weighted by Crippen LogP contribution is 2.52. The summed E-state index contributed by atoms with van der Waals surface area (Å²) in [6.45, 7) is 6.10. The maximum atomic E-state index is 14.5. The zero-order valence-corrected chi connectivity index (χ0v) is 26.4. The highest BCUT2D eigenvalue weighted by molar-refractivity contribution is 7.16. The van der Waals surface area contributed by atoms with Crippen LogP contribution in [0.4, 0.5) is 10.8 Å². The van der Waals surface area contributed by atoms with Crippen LogP contribution in [0.1, 0.15) is 73.7 Å². The van der Waals surface area contributed by atoms with E-state index in [1.54, 1.807) is 0 Å². The Balaban J connectivity index is 1.28. The second kappa shape index (κ2) is 11.3. The van der Waals surface area contributed by atoms with Gasteiger partial charge in [-0.3, -0.25) is 9.69 Å². The molecule has 3 atom stereocenters. The van der Waals surface area contributed by atoms with Crippen LogP contribution in [-0.4, -0.2) is 84.9 Å². The van der Waals surface area contributed by atoms with Crippen molar-refractivity contribution in [2.45, 2.75) is 81.5 Å². The maximum absolute atomic E-state index is 14.5. The number of likely N-dealkylation sites (tertiary alicyclic amines) is 1. The number of nitrogens with two attached hydrogens (primary N) is 2. The van der Waals surface area contributed by atoms with Crippen molar-refractivity contribution in [3.8, 4) is 11.9 Å². The molecule has 0 amide bonds. The lowest BCUT2D eigenvalue weighted by Crippen LogP contribution is -2.63. The van der Waals surface area contributed by atoms with Crippen molar-refractivity contribution in [1.82, 2.24) is 14.9 Å². The number of fused-ring (bicyclic) bond motifs is 2. The van der Waals surface area contributed by atoms with Crippen LogP contribution < -0.4 is 21.1 Å². The fourth-order valence-corrected chi connectivity index (χ4v) is 9.18. The SMILES string of the molecule is C[C@H](Oc1cc(N2CCOC3(COC3)C2)nc(C(N)=C2CCC[C@@]3(CCCc4sc(N)c(C#N)c43)C2=O)n1)[C@@H]1CCCN1C. The monoisotopic (exact) mass is 619 g/mol. The van der Waals surface area contributed by atoms with Crippen LogP contribution in [0.25, 0.3) is 5.70 Å². The van der Waals surface area contributed by atoms with Crippen LogP contribution >= 0.6 is 11.3 Å². The first-order chi connectivity index (χ1) is 21.2. The van der Waals surface area contributed by atoms with Gasteiger partial charge in [-0.1, -0.05) is 0 Å². The Hall–Kier alpha value is -3.24. The molecule has 12 heteroatoms. The Labute approximate surface area is 262 Å². The number of thiophene rings is 1. The van der Waals surface area contributed by atoms with Gasteiger partial charge in [0.2, 0.25) is 5.88 Å². The van der Waals surface area contributed by atoms with Crippen LogP contribution in [0, 0.1) is 11.3 Å². The van der Waals surface area contributed by atoms with Crippen molar-refractivity contribution in [2.24, 2.45) is 5.73 Å². The molecular weight excluding hydrogens is 578 g/mol. The molecule has 0 aromatic carbocycles. The first-order valence-corrected chi connectivity index (χ1v) is 16.6. The Bertz CT molecular complexity index is 1550. The highest BCUT2D eigenvalue weighted by Gasteiger charge is 2.50. The van der Waals surface area contributed by atoms with Gasteiger partial charge in [0.15, 0.2) is 11.6 Å². The third kappa shape index (κ3) is 4.85. The number of ether oxygens (including phenoxy) is 3. The molecule has 7 rings (SSSR count). The standard InChI is InChI=1S/C32H41N7O4S/c1-19(22-7-5-11-38(22)2)43-25-14-24(39-12-13-42-31(16-39)17-41-18-31)36-30(37-25)27(34)20-6-3-9-32(28(20)40)10-4-8-23-26(32)21(15-33)29(35)44-23/h14,19,22H,3-13,16-18,34-35H2,1-2H3/t19-,22-,32-/m0/s1. The number of nitrogen functional groups attached to an aromatic ring is 1. The van der Waals surface area contributed by atoms with Crippen LogP contribution in [0.5, 0.6) is 5.88 Å². The van der Waals surface area contributed by atoms with Gasteiger partial charge in [0.25, 0.3) is 0 Å². The Morgan fingerprint density at radius 3 is 2.73 bits per heavy atom. The molecule has 4 fully saturated rings. The minimum absolute atomic E-state index is 0.0223. The predicted octanol–water partition coefficient (Wildman–Crippen LogP) is 3.16. The maximum Gasteiger partial charge on any atom is 0.219 e. The molecule has 5 heterocycles. The van der Waals surface area contributed by atoms with Crippen LogP contribution in [0.15, 0.2) is 11.6 Å². The number of hydrogen-bond acceptors (Lipinski definition) is 12. The molecule has 0 bridgehead atoms. The zero-order chi connectivity index (χ0) is 30.6. The second-order valence-electron chi connectivity index (χ2n) is 13.1. The Morgan fingerprint density at radius 2 is 2.02 bits per heavy atom. The summed E-state index contributed by atoms with van der Waals surface area (Å²) in [6.07, 6.45) is 6.50. The summed E-state index contributed by atoms with van der Waals surface area (Å²) < 4.78 is 18.1. The number of allylic oxidation sites excluding steroid dienone is 1. The number of nitrogens with zero attached hydrogens (tertiary/aromatic N) is 5. The number of ketones is 1. The molecule has 3 saturated heterocycles. The number of nitriles is 1. The lowest BCUT2D eigenvalue weighted by molar-refractivity contribution is -0.211. The lowest BCUT2D eigenvalue weighted by Gasteiger charge is -2.48. The van der Waals surface area contributed by atoms with E-state index in [9.17, 15) is 10.1 Å². The average molecular weight is 620 g/mol. The molecule has 2 spiro atoms. The van der Waals surface area contributed by atoms with Crippen LogP contribution in [-0.2, 0) is 26.1 Å². The number of aromatic nitrogens is 2. The van der Waals surface area contributed by atoms with Gasteiger partial charge in [-0.15, -0.1) is 11.3 Å². The van der Waals surface area contributed by atoms with Crippen molar-refractivity contribution in [3.63, 3.8) is 0 Å². The van der Waals surface area contributed by atoms with Gasteiger partial charge < -0.3 is 30.6 Å². The fraction of sp³-hybridized carbons (Fsp3) is 0.625. The van der Waals surface area contributed by atoms with Crippen molar-refractivity contribution >= 4 is 33.6 Å². The van der Waals surface area contributed by atoms with E-state index in [1.807, 2.05) is 6.07 Å². The number of aryl methyl sites for hydroxylation is 1. The first-order valence-electron chi connectivity index (χ1n) is 15.8. The normalized spacial score (nSPS) is 28.4. The van der Waals surface area contributed by atoms with Gasteiger partial charge in [-0.2, -0.15) is 10.2 Å². The number of morpholine rings is 1. The average Bonchev–Trinajstić information content (AvgIpc) is 3.59. The van der Waals surface area contributed by atoms with E-state index in [1.165, 1.54) is 11.3 Å². The summed E-state index contributed by atoms with van der Waals surface area (Å²) in [4.78, 5) is 29.9. The first kappa shape index (κ1) is 29.5. The number of carbonyl (C=O) groups excluding carboxylic acids is 1. The van der Waals surface area contributed by atoms with Gasteiger partial charge >= 0.3 is 0 Å². The highest BCUT2D eigenvalue weighted by atomic mass is 32.1. The number of Topliss-reactive ketones (excluding diaryl/α,β-unsaturated/α-hetero) is 1. The number of anilines is 2. The van der Waals surface area contributed by atoms with E-state index in [-0.39, 0.29) is 23.2 Å². The largest absolute Gasteiger partial charge is 0.473 e. The van der Waals surface area contributed by atoms with Crippen molar-refractivity contribution in [2.75, 3.05) is 57.1 Å². The third-order valence-electron chi connectivity index (χ3n) is 10.3. The lowest BCUT2D eigenvalue weighted by atomic mass is 9.61. The molecule has 5 aliphatic rings. The van der Waals surface area contributed by atoms with Crippen molar-refractivity contribution in [1.29, 1.82) is 5.26 Å². The second-order valence-corrected chi connectivity index (χ2v) is 14.2. The quantitative estimate of drug-likeness (QED) is 0.475. The Kier molecular flexibility index (Phi) is 7.56. The summed E-state index contributed by atoms with van der Waals surface area (Å²) in [5.41, 5.74) is 14.2. The van der Waals surface area contributed by atoms with E-state index < -0.39 is 5.41 Å². The van der Waals surface area contributed by atoms with Crippen molar-refractivity contribution in [3.05, 3.63) is 33.5 Å². The van der Waals surface area contributed by atoms with Crippen LogP contribution in [0.2, 0.25) is 0 Å². The van der Waals surface area contributed by atoms with Gasteiger partial charge in [0.05, 0.1) is 43.0 Å². The van der Waals surface area contributed by atoms with E-state index in [0.717, 1.165) is 49.1 Å². The Morgan fingerprint density at radius 1 is 1.23 bits per heavy atom. The predicted molar refractivity (Wildman–Crippen MR) is 168 cm³/mol. The molecule has 2 aliphatic carbocycles. The molecule has 0 unspecified atom stereocenters. The number of carbonyl (C=O) groups is 1. The van der Waals surface area contributed by atoms with Crippen molar-refractivity contribution < 1.29 is 19.0 Å². The summed E-state index contributed by atoms with van der Waals surface area (Å²) in [6, 6.07) is 4.48. The molecule has 3 aliphatic heterocycles. The molecule has 11 nitrogen and oxygen atoms in total. The third-order valence-corrected chi connectivity index (χ3v) is 11.4. The fourth-order valence-electron chi connectivity index (χ4n) is 8.02. The van der Waals surface area contributed by atoms with Gasteiger partial charge in [-0.25, -0.2) is 4.98 Å². The molecule has 1 saturated carbocycles. The molecule has 4 N–H and O–H groups in total. The summed E-state index contributed by atoms with van der Waals surface area (Å²) >= 11 is 1.45.